The maximum Gasteiger partial charge on any atom is 0.225 e. The van der Waals surface area contributed by atoms with Crippen LogP contribution in [0.25, 0.3) is 0 Å². The molecule has 0 bridgehead atoms. The van der Waals surface area contributed by atoms with E-state index in [9.17, 15) is 4.79 Å². The van der Waals surface area contributed by atoms with E-state index < -0.39 is 0 Å². The van der Waals surface area contributed by atoms with Crippen LogP contribution in [0.3, 0.4) is 0 Å². The van der Waals surface area contributed by atoms with Crippen molar-refractivity contribution in [3.05, 3.63) is 47.5 Å². The molecule has 0 radical (unpaired) electrons. The molecular formula is C24H33N7O2. The molecular weight excluding hydrogens is 418 g/mol. The number of hydrogen-bond acceptors (Lipinski definition) is 8. The van der Waals surface area contributed by atoms with Gasteiger partial charge in [0.2, 0.25) is 11.9 Å². The van der Waals surface area contributed by atoms with Crippen molar-refractivity contribution >= 4 is 17.6 Å². The maximum atomic E-state index is 13.2. The van der Waals surface area contributed by atoms with E-state index in [4.69, 9.17) is 10.6 Å². The number of anilines is 1. The molecule has 2 aromatic rings. The van der Waals surface area contributed by atoms with Gasteiger partial charge in [-0.05, 0) is 57.8 Å². The molecule has 9 heteroatoms. The van der Waals surface area contributed by atoms with E-state index in [1.54, 1.807) is 19.5 Å². The van der Waals surface area contributed by atoms with Gasteiger partial charge in [0.05, 0.1) is 5.69 Å². The number of nitrogens with zero attached hydrogens (tertiary/aromatic N) is 6. The summed E-state index contributed by atoms with van der Waals surface area (Å²) < 4.78 is 0. The van der Waals surface area contributed by atoms with Gasteiger partial charge in [0, 0.05) is 55.1 Å². The van der Waals surface area contributed by atoms with Gasteiger partial charge in [0.1, 0.15) is 12.8 Å². The van der Waals surface area contributed by atoms with Gasteiger partial charge in [0.15, 0.2) is 0 Å². The normalized spacial score (nSPS) is 19.0. The van der Waals surface area contributed by atoms with Crippen LogP contribution in [-0.2, 0) is 16.2 Å². The van der Waals surface area contributed by atoms with Gasteiger partial charge in [-0.1, -0.05) is 11.2 Å². The highest BCUT2D eigenvalue weighted by Crippen LogP contribution is 2.26. The van der Waals surface area contributed by atoms with Crippen LogP contribution < -0.4 is 5.73 Å². The Morgan fingerprint density at radius 2 is 1.76 bits per heavy atom. The molecule has 2 aliphatic heterocycles. The van der Waals surface area contributed by atoms with E-state index in [2.05, 4.69) is 25.0 Å². The minimum absolute atomic E-state index is 0.103. The van der Waals surface area contributed by atoms with E-state index in [0.717, 1.165) is 81.1 Å². The highest BCUT2D eigenvalue weighted by Gasteiger charge is 2.32. The van der Waals surface area contributed by atoms with Crippen LogP contribution in [0.5, 0.6) is 0 Å². The number of amides is 1. The Morgan fingerprint density at radius 1 is 1.09 bits per heavy atom. The topological polar surface area (TPSA) is 110 Å². The molecule has 1 amide bonds. The van der Waals surface area contributed by atoms with E-state index in [1.807, 2.05) is 30.0 Å². The Kier molecular flexibility index (Phi) is 7.49. The van der Waals surface area contributed by atoms with Gasteiger partial charge in [-0.3, -0.25) is 14.7 Å². The minimum atomic E-state index is 0.103. The standard InChI is InChI=1S/C24H33N7O2/c1-17-4-3-5-21(28-17)22(29-33-2)19-8-12-31(13-9-19)23(32)20-6-10-30(11-7-20)16-18-14-26-24(25)27-15-18/h3-5,14-15,19-20H,6-13,16H2,1-2H3,(H2,25,26,27). The molecule has 176 valence electrons. The van der Waals surface area contributed by atoms with Crippen molar-refractivity contribution in [2.45, 2.75) is 39.2 Å². The molecule has 0 atom stereocenters. The van der Waals surface area contributed by atoms with Crippen LogP contribution in [0.4, 0.5) is 5.95 Å². The fraction of sp³-hybridized carbons (Fsp3) is 0.542. The van der Waals surface area contributed by atoms with Crippen molar-refractivity contribution in [2.24, 2.45) is 17.0 Å². The van der Waals surface area contributed by atoms with Crippen molar-refractivity contribution in [1.82, 2.24) is 24.8 Å². The number of nitrogen functional groups attached to an aromatic ring is 1. The average molecular weight is 452 g/mol. The Morgan fingerprint density at radius 3 is 2.39 bits per heavy atom. The maximum absolute atomic E-state index is 13.2. The third-order valence-corrected chi connectivity index (χ3v) is 6.60. The van der Waals surface area contributed by atoms with Crippen molar-refractivity contribution in [3.63, 3.8) is 0 Å². The van der Waals surface area contributed by atoms with Crippen LogP contribution in [-0.4, -0.2) is 69.7 Å². The molecule has 0 spiro atoms. The molecule has 0 aliphatic carbocycles. The first-order chi connectivity index (χ1) is 16.0. The number of nitrogens with two attached hydrogens (primary N) is 1. The summed E-state index contributed by atoms with van der Waals surface area (Å²) in [6, 6.07) is 5.95. The van der Waals surface area contributed by atoms with Crippen molar-refractivity contribution in [3.8, 4) is 0 Å². The number of carbonyl (C=O) groups excluding carboxylic acids is 1. The molecule has 0 unspecified atom stereocenters. The van der Waals surface area contributed by atoms with E-state index in [1.165, 1.54) is 0 Å². The van der Waals surface area contributed by atoms with Gasteiger partial charge in [-0.25, -0.2) is 9.97 Å². The molecule has 9 nitrogen and oxygen atoms in total. The van der Waals surface area contributed by atoms with Crippen molar-refractivity contribution in [1.29, 1.82) is 0 Å². The summed E-state index contributed by atoms with van der Waals surface area (Å²) in [4.78, 5) is 35.5. The first-order valence-corrected chi connectivity index (χ1v) is 11.7. The molecule has 4 heterocycles. The van der Waals surface area contributed by atoms with Crippen molar-refractivity contribution in [2.75, 3.05) is 39.0 Å². The molecule has 2 fully saturated rings. The van der Waals surface area contributed by atoms with Crippen LogP contribution in [0.1, 0.15) is 42.6 Å². The summed E-state index contributed by atoms with van der Waals surface area (Å²) in [6.07, 6.45) is 7.07. The number of rotatable bonds is 6. The second kappa shape index (κ2) is 10.7. The lowest BCUT2D eigenvalue weighted by molar-refractivity contribution is -0.138. The van der Waals surface area contributed by atoms with Crippen LogP contribution in [0.15, 0.2) is 35.7 Å². The largest absolute Gasteiger partial charge is 0.399 e. The highest BCUT2D eigenvalue weighted by molar-refractivity contribution is 6.00. The van der Waals surface area contributed by atoms with Gasteiger partial charge in [-0.15, -0.1) is 0 Å². The molecule has 2 aromatic heterocycles. The summed E-state index contributed by atoms with van der Waals surface area (Å²) in [5, 5.41) is 4.30. The second-order valence-electron chi connectivity index (χ2n) is 8.92. The molecule has 33 heavy (non-hydrogen) atoms. The molecule has 2 aliphatic rings. The fourth-order valence-electron chi connectivity index (χ4n) is 4.79. The summed E-state index contributed by atoms with van der Waals surface area (Å²) in [5.74, 6) is 0.934. The number of hydrogen-bond donors (Lipinski definition) is 1. The number of aryl methyl sites for hydroxylation is 1. The predicted octanol–water partition coefficient (Wildman–Crippen LogP) is 2.26. The Balaban J connectivity index is 1.28. The van der Waals surface area contributed by atoms with Gasteiger partial charge in [-0.2, -0.15) is 0 Å². The van der Waals surface area contributed by atoms with Crippen LogP contribution in [0.2, 0.25) is 0 Å². The second-order valence-corrected chi connectivity index (χ2v) is 8.92. The monoisotopic (exact) mass is 451 g/mol. The highest BCUT2D eigenvalue weighted by atomic mass is 16.6. The smallest absolute Gasteiger partial charge is 0.225 e. The lowest BCUT2D eigenvalue weighted by atomic mass is 9.88. The number of pyridine rings is 1. The third-order valence-electron chi connectivity index (χ3n) is 6.60. The van der Waals surface area contributed by atoms with Crippen LogP contribution in [0, 0.1) is 18.8 Å². The summed E-state index contributed by atoms with van der Waals surface area (Å²) in [6.45, 7) is 6.08. The first-order valence-electron chi connectivity index (χ1n) is 11.7. The number of likely N-dealkylation sites (tertiary alicyclic amines) is 2. The average Bonchev–Trinajstić information content (AvgIpc) is 2.84. The fourth-order valence-corrected chi connectivity index (χ4v) is 4.79. The number of carbonyl (C=O) groups is 1. The molecule has 0 saturated carbocycles. The zero-order valence-electron chi connectivity index (χ0n) is 19.5. The molecule has 4 rings (SSSR count). The minimum Gasteiger partial charge on any atom is -0.399 e. The Labute approximate surface area is 195 Å². The summed E-state index contributed by atoms with van der Waals surface area (Å²) in [5.41, 5.74) is 9.31. The SMILES string of the molecule is CON=C(c1cccc(C)n1)C1CCN(C(=O)C2CCN(Cc3cnc(N)nc3)CC2)CC1. The van der Waals surface area contributed by atoms with Gasteiger partial charge in [0.25, 0.3) is 0 Å². The van der Waals surface area contributed by atoms with Crippen LogP contribution >= 0.6 is 0 Å². The molecule has 2 saturated heterocycles. The number of aromatic nitrogens is 3. The number of oxime groups is 1. The van der Waals surface area contributed by atoms with Gasteiger partial charge >= 0.3 is 0 Å². The van der Waals surface area contributed by atoms with E-state index in [0.29, 0.717) is 11.9 Å². The quantitative estimate of drug-likeness (QED) is 0.530. The van der Waals surface area contributed by atoms with E-state index >= 15 is 0 Å². The number of piperidine rings is 2. The summed E-state index contributed by atoms with van der Waals surface area (Å²) >= 11 is 0. The molecule has 0 aromatic carbocycles. The third kappa shape index (κ3) is 5.84. The Bertz CT molecular complexity index is 963. The Hall–Kier alpha value is -3.07. The molecule has 2 N–H and O–H groups in total. The zero-order chi connectivity index (χ0) is 23.2. The van der Waals surface area contributed by atoms with E-state index in [-0.39, 0.29) is 11.8 Å². The lowest BCUT2D eigenvalue weighted by Gasteiger charge is -2.37. The summed E-state index contributed by atoms with van der Waals surface area (Å²) in [7, 11) is 1.57. The zero-order valence-corrected chi connectivity index (χ0v) is 19.5. The van der Waals surface area contributed by atoms with Gasteiger partial charge < -0.3 is 15.5 Å². The predicted molar refractivity (Wildman–Crippen MR) is 126 cm³/mol. The van der Waals surface area contributed by atoms with Crippen molar-refractivity contribution < 1.29 is 9.63 Å². The first kappa shape index (κ1) is 23.1. The lowest BCUT2D eigenvalue weighted by Crippen LogP contribution is -2.46.